The monoisotopic (exact) mass is 610 g/mol. The van der Waals surface area contributed by atoms with Gasteiger partial charge in [-0.25, -0.2) is 4.79 Å². The zero-order valence-electron chi connectivity index (χ0n) is 26.4. The zero-order valence-corrected chi connectivity index (χ0v) is 26.4. The van der Waals surface area contributed by atoms with Crippen molar-refractivity contribution in [2.75, 3.05) is 42.1 Å². The Morgan fingerprint density at radius 3 is 2.13 bits per heavy atom. The van der Waals surface area contributed by atoms with E-state index in [1.54, 1.807) is 40.7 Å². The van der Waals surface area contributed by atoms with Crippen molar-refractivity contribution in [2.24, 2.45) is 0 Å². The summed E-state index contributed by atoms with van der Waals surface area (Å²) in [5, 5.41) is 10.7. The summed E-state index contributed by atoms with van der Waals surface area (Å²) in [6, 6.07) is 13.4. The molecule has 2 aromatic carbocycles. The van der Waals surface area contributed by atoms with Crippen molar-refractivity contribution in [1.82, 2.24) is 14.8 Å². The molecular formula is C35H38N4O6. The van der Waals surface area contributed by atoms with Crippen LogP contribution in [0.15, 0.2) is 48.7 Å². The van der Waals surface area contributed by atoms with Gasteiger partial charge in [0.05, 0.1) is 52.3 Å². The van der Waals surface area contributed by atoms with Crippen LogP contribution in [0.4, 0.5) is 0 Å². The van der Waals surface area contributed by atoms with Gasteiger partial charge in [0.15, 0.2) is 23.0 Å². The number of ether oxygens (including phenoxy) is 5. The van der Waals surface area contributed by atoms with Crippen molar-refractivity contribution in [3.63, 3.8) is 0 Å². The minimum Gasteiger partial charge on any atom is -0.493 e. The molecule has 10 nitrogen and oxygen atoms in total. The van der Waals surface area contributed by atoms with Crippen molar-refractivity contribution in [2.45, 2.75) is 50.0 Å². The van der Waals surface area contributed by atoms with Gasteiger partial charge in [-0.3, -0.25) is 14.8 Å². The number of piperazine rings is 1. The number of carbonyl (C=O) groups excluding carboxylic acids is 1. The van der Waals surface area contributed by atoms with E-state index >= 15 is 0 Å². The summed E-state index contributed by atoms with van der Waals surface area (Å²) in [5.74, 6) is 2.07. The number of hydrogen-bond donors (Lipinski definition) is 0. The maximum absolute atomic E-state index is 13.0. The second kappa shape index (κ2) is 12.4. The number of likely N-dealkylation sites (N-methyl/N-ethyl adjacent to an activating group) is 1. The predicted octanol–water partition coefficient (Wildman–Crippen LogP) is 4.45. The van der Waals surface area contributed by atoms with E-state index in [2.05, 4.69) is 34.0 Å². The first kappa shape index (κ1) is 30.4. The Labute approximate surface area is 263 Å². The summed E-state index contributed by atoms with van der Waals surface area (Å²) < 4.78 is 28.6. The molecule has 6 rings (SSSR count). The second-order valence-electron chi connectivity index (χ2n) is 11.7. The quantitative estimate of drug-likeness (QED) is 0.268. The first-order chi connectivity index (χ1) is 21.8. The number of aryl methyl sites for hydroxylation is 1. The maximum atomic E-state index is 13.0. The normalized spacial score (nSPS) is 23.7. The number of methoxy groups -OCH3 is 4. The molecule has 4 heterocycles. The molecule has 10 heteroatoms. The standard InChI is InChI=1S/C35H38N4O6/c1-20-7-8-23(37-18-20)9-10-34(40)45-19-29-24-15-32(43-5)30(41-3)13-21(24)12-27-35-25-16-33(44-6)31(42-4)14-22(25)11-26(38(35)2)28(17-36)39(27)29/h7-10,13-16,18,26-29,35H,11-12,19H2,1-6H3/b10-9+/t26-,27-,28-,29-,35+/m0/s1. The lowest BCUT2D eigenvalue weighted by Crippen LogP contribution is -2.68. The minimum absolute atomic E-state index is 0.0462. The number of aromatic nitrogens is 1. The summed E-state index contributed by atoms with van der Waals surface area (Å²) in [5.41, 5.74) is 6.01. The van der Waals surface area contributed by atoms with Gasteiger partial charge in [-0.05, 0) is 91.0 Å². The van der Waals surface area contributed by atoms with Crippen LogP contribution in [0.5, 0.6) is 23.0 Å². The summed E-state index contributed by atoms with van der Waals surface area (Å²) in [6.45, 7) is 2.02. The molecule has 3 aromatic rings. The molecule has 0 aliphatic carbocycles. The zero-order chi connectivity index (χ0) is 31.8. The molecule has 2 bridgehead atoms. The van der Waals surface area contributed by atoms with Gasteiger partial charge in [0.25, 0.3) is 0 Å². The van der Waals surface area contributed by atoms with Gasteiger partial charge >= 0.3 is 5.97 Å². The Bertz CT molecular complexity index is 1670. The van der Waals surface area contributed by atoms with Gasteiger partial charge in [0.2, 0.25) is 0 Å². The number of rotatable bonds is 8. The molecule has 0 spiro atoms. The maximum Gasteiger partial charge on any atom is 0.330 e. The molecule has 0 radical (unpaired) electrons. The first-order valence-corrected chi connectivity index (χ1v) is 15.0. The fourth-order valence-corrected chi connectivity index (χ4v) is 7.29. The highest BCUT2D eigenvalue weighted by molar-refractivity contribution is 5.86. The molecule has 0 amide bonds. The number of nitrogens with zero attached hydrogens (tertiary/aromatic N) is 4. The Morgan fingerprint density at radius 1 is 0.933 bits per heavy atom. The van der Waals surface area contributed by atoms with Crippen molar-refractivity contribution in [3.8, 4) is 29.1 Å². The Balaban J connectivity index is 1.41. The van der Waals surface area contributed by atoms with E-state index in [4.69, 9.17) is 23.7 Å². The van der Waals surface area contributed by atoms with Crippen LogP contribution in [0.1, 0.15) is 45.6 Å². The SMILES string of the molecule is COc1cc2c(cc1OC)[C@@H]1[C@@H]3Cc4cc(OC)c(OC)cc4[C@H](COC(=O)/C=C/c4ccc(C)cn4)N3[C@@H](C#N)[C@H](C2)N1C. The third-order valence-corrected chi connectivity index (χ3v) is 9.42. The van der Waals surface area contributed by atoms with Crippen molar-refractivity contribution < 1.29 is 28.5 Å². The number of benzene rings is 2. The molecule has 3 aliphatic heterocycles. The molecule has 234 valence electrons. The van der Waals surface area contributed by atoms with Crippen LogP contribution >= 0.6 is 0 Å². The van der Waals surface area contributed by atoms with Gasteiger partial charge < -0.3 is 23.7 Å². The lowest BCUT2D eigenvalue weighted by Gasteiger charge is -2.59. The Morgan fingerprint density at radius 2 is 1.53 bits per heavy atom. The number of pyridine rings is 1. The van der Waals surface area contributed by atoms with E-state index in [0.29, 0.717) is 41.5 Å². The van der Waals surface area contributed by atoms with Crippen LogP contribution in [0.3, 0.4) is 0 Å². The first-order valence-electron chi connectivity index (χ1n) is 15.0. The lowest BCUT2D eigenvalue weighted by atomic mass is 9.72. The van der Waals surface area contributed by atoms with Crippen LogP contribution in [0, 0.1) is 18.3 Å². The van der Waals surface area contributed by atoms with Crippen molar-refractivity contribution >= 4 is 12.0 Å². The number of carbonyl (C=O) groups is 1. The largest absolute Gasteiger partial charge is 0.493 e. The lowest BCUT2D eigenvalue weighted by molar-refractivity contribution is -0.143. The van der Waals surface area contributed by atoms with Crippen LogP contribution in [0.2, 0.25) is 0 Å². The minimum atomic E-state index is -0.480. The van der Waals surface area contributed by atoms with Crippen molar-refractivity contribution in [3.05, 3.63) is 82.2 Å². The number of fused-ring (bicyclic) bond motifs is 7. The number of nitriles is 1. The summed E-state index contributed by atoms with van der Waals surface area (Å²) in [6.07, 6.45) is 6.12. The van der Waals surface area contributed by atoms with E-state index in [1.165, 1.54) is 6.08 Å². The molecule has 1 aromatic heterocycles. The molecule has 3 aliphatic rings. The van der Waals surface area contributed by atoms with Crippen LogP contribution in [-0.2, 0) is 22.4 Å². The third-order valence-electron chi connectivity index (χ3n) is 9.42. The Kier molecular flexibility index (Phi) is 8.40. The van der Waals surface area contributed by atoms with Crippen LogP contribution in [-0.4, -0.2) is 81.0 Å². The average molecular weight is 611 g/mol. The van der Waals surface area contributed by atoms with Gasteiger partial charge in [0, 0.05) is 24.4 Å². The smallest absolute Gasteiger partial charge is 0.330 e. The topological polar surface area (TPSA) is 106 Å². The average Bonchev–Trinajstić information content (AvgIpc) is 3.05. The fraction of sp³-hybridized carbons (Fsp3) is 0.400. The van der Waals surface area contributed by atoms with E-state index in [1.807, 2.05) is 37.3 Å². The highest BCUT2D eigenvalue weighted by Crippen LogP contribution is 2.52. The van der Waals surface area contributed by atoms with E-state index < -0.39 is 18.1 Å². The highest BCUT2D eigenvalue weighted by Gasteiger charge is 2.54. The van der Waals surface area contributed by atoms with Crippen LogP contribution in [0.25, 0.3) is 6.08 Å². The third kappa shape index (κ3) is 5.36. The summed E-state index contributed by atoms with van der Waals surface area (Å²) >= 11 is 0. The molecule has 45 heavy (non-hydrogen) atoms. The Hall–Kier alpha value is -4.59. The van der Waals surface area contributed by atoms with Gasteiger partial charge in [-0.1, -0.05) is 6.07 Å². The predicted molar refractivity (Wildman–Crippen MR) is 168 cm³/mol. The fourth-order valence-electron chi connectivity index (χ4n) is 7.29. The van der Waals surface area contributed by atoms with E-state index in [9.17, 15) is 10.1 Å². The molecule has 1 saturated heterocycles. The van der Waals surface area contributed by atoms with Crippen molar-refractivity contribution in [1.29, 1.82) is 5.26 Å². The molecular weight excluding hydrogens is 572 g/mol. The number of esters is 1. The van der Waals surface area contributed by atoms with Gasteiger partial charge in [-0.15, -0.1) is 0 Å². The summed E-state index contributed by atoms with van der Waals surface area (Å²) in [7, 11) is 8.60. The molecule has 0 N–H and O–H groups in total. The van der Waals surface area contributed by atoms with Crippen LogP contribution < -0.4 is 18.9 Å². The molecule has 1 fully saturated rings. The molecule has 0 unspecified atom stereocenters. The van der Waals surface area contributed by atoms with Gasteiger partial charge in [0.1, 0.15) is 12.6 Å². The molecule has 5 atom stereocenters. The summed E-state index contributed by atoms with van der Waals surface area (Å²) in [4.78, 5) is 21.9. The van der Waals surface area contributed by atoms with E-state index in [-0.39, 0.29) is 24.7 Å². The molecule has 0 saturated carbocycles. The highest BCUT2D eigenvalue weighted by atomic mass is 16.5. The number of hydrogen-bond acceptors (Lipinski definition) is 10. The van der Waals surface area contributed by atoms with E-state index in [0.717, 1.165) is 27.8 Å². The van der Waals surface area contributed by atoms with Gasteiger partial charge in [-0.2, -0.15) is 5.26 Å². The second-order valence-corrected chi connectivity index (χ2v) is 11.7.